The van der Waals surface area contributed by atoms with E-state index in [2.05, 4.69) is 50.0 Å². The van der Waals surface area contributed by atoms with Crippen molar-refractivity contribution in [1.82, 2.24) is 20.0 Å². The molecule has 1 N–H and O–H groups in total. The van der Waals surface area contributed by atoms with E-state index in [9.17, 15) is 14.4 Å². The van der Waals surface area contributed by atoms with Gasteiger partial charge in [0, 0.05) is 50.9 Å². The maximum Gasteiger partial charge on any atom is 0.338 e. The number of urea groups is 1. The molecule has 2 heterocycles. The van der Waals surface area contributed by atoms with E-state index in [0.29, 0.717) is 37.4 Å². The summed E-state index contributed by atoms with van der Waals surface area (Å²) in [6.07, 6.45) is 3.14. The summed E-state index contributed by atoms with van der Waals surface area (Å²) in [7, 11) is 1.70. The zero-order valence-electron chi connectivity index (χ0n) is 23.2. The molecule has 2 fully saturated rings. The number of nitrogens with one attached hydrogen (secondary N) is 1. The van der Waals surface area contributed by atoms with Crippen molar-refractivity contribution in [2.75, 3.05) is 39.8 Å². The van der Waals surface area contributed by atoms with Crippen LogP contribution in [-0.4, -0.2) is 78.5 Å². The minimum Gasteiger partial charge on any atom is -0.463 e. The Morgan fingerprint density at radius 1 is 1.11 bits per heavy atom. The molecular formula is C29H42N4O4. The number of hydrogen-bond acceptors (Lipinski definition) is 5. The van der Waals surface area contributed by atoms with Gasteiger partial charge in [-0.05, 0) is 43.2 Å². The van der Waals surface area contributed by atoms with Crippen LogP contribution in [0.3, 0.4) is 0 Å². The first-order chi connectivity index (χ1) is 17.5. The Labute approximate surface area is 221 Å². The molecule has 4 rings (SSSR count). The smallest absolute Gasteiger partial charge is 0.338 e. The predicted molar refractivity (Wildman–Crippen MR) is 143 cm³/mol. The monoisotopic (exact) mass is 510 g/mol. The van der Waals surface area contributed by atoms with Gasteiger partial charge in [0.2, 0.25) is 5.91 Å². The van der Waals surface area contributed by atoms with Gasteiger partial charge in [-0.2, -0.15) is 0 Å². The van der Waals surface area contributed by atoms with Gasteiger partial charge in [0.15, 0.2) is 0 Å². The van der Waals surface area contributed by atoms with Crippen LogP contribution in [0.15, 0.2) is 35.5 Å². The lowest BCUT2D eigenvalue weighted by Crippen LogP contribution is -2.57. The Bertz CT molecular complexity index is 1050. The fourth-order valence-corrected chi connectivity index (χ4v) is 5.43. The number of ether oxygens (including phenoxy) is 1. The van der Waals surface area contributed by atoms with Gasteiger partial charge < -0.3 is 15.0 Å². The lowest BCUT2D eigenvalue weighted by molar-refractivity contribution is -0.142. The number of carbonyl (C=O) groups excluding carboxylic acids is 3. The van der Waals surface area contributed by atoms with Crippen LogP contribution in [0.5, 0.6) is 0 Å². The molecule has 3 aliphatic rings. The van der Waals surface area contributed by atoms with Gasteiger partial charge in [0.1, 0.15) is 0 Å². The molecule has 1 aromatic rings. The molecule has 0 radical (unpaired) electrons. The minimum atomic E-state index is -0.592. The molecule has 1 saturated carbocycles. The van der Waals surface area contributed by atoms with E-state index in [1.807, 2.05) is 17.0 Å². The fourth-order valence-electron chi connectivity index (χ4n) is 5.43. The average molecular weight is 511 g/mol. The third kappa shape index (κ3) is 5.69. The summed E-state index contributed by atoms with van der Waals surface area (Å²) in [6.45, 7) is 13.1. The molecule has 2 aliphatic heterocycles. The Balaban J connectivity index is 1.61. The van der Waals surface area contributed by atoms with Crippen molar-refractivity contribution in [3.8, 4) is 0 Å². The van der Waals surface area contributed by atoms with Crippen LogP contribution in [0.25, 0.3) is 0 Å². The molecular weight excluding hydrogens is 468 g/mol. The lowest BCUT2D eigenvalue weighted by atomic mass is 9.84. The minimum absolute atomic E-state index is 0.00160. The van der Waals surface area contributed by atoms with Gasteiger partial charge in [-0.3, -0.25) is 14.6 Å². The lowest BCUT2D eigenvalue weighted by Gasteiger charge is -2.44. The summed E-state index contributed by atoms with van der Waals surface area (Å²) < 4.78 is 5.48. The maximum absolute atomic E-state index is 13.3. The molecule has 202 valence electrons. The second-order valence-corrected chi connectivity index (χ2v) is 11.6. The SMILES string of the molecule is CCOC(=O)C1=C(CN2CCN(C(=O)C3CCC3)C(C)C2)N(C)C(=O)NC1c1ccc(C(C)(C)C)cc1. The Kier molecular flexibility index (Phi) is 7.97. The number of nitrogens with zero attached hydrogens (tertiary/aromatic N) is 3. The Morgan fingerprint density at radius 3 is 2.32 bits per heavy atom. The van der Waals surface area contributed by atoms with E-state index in [4.69, 9.17) is 4.74 Å². The third-order valence-corrected chi connectivity index (χ3v) is 8.00. The van der Waals surface area contributed by atoms with Crippen LogP contribution >= 0.6 is 0 Å². The quantitative estimate of drug-likeness (QED) is 0.589. The Hall–Kier alpha value is -2.87. The molecule has 3 amide bonds. The maximum atomic E-state index is 13.3. The van der Waals surface area contributed by atoms with Gasteiger partial charge >= 0.3 is 12.0 Å². The highest BCUT2D eigenvalue weighted by Gasteiger charge is 2.39. The Morgan fingerprint density at radius 2 is 1.78 bits per heavy atom. The summed E-state index contributed by atoms with van der Waals surface area (Å²) in [6, 6.07) is 7.33. The zero-order valence-corrected chi connectivity index (χ0v) is 23.2. The van der Waals surface area contributed by atoms with E-state index >= 15 is 0 Å². The van der Waals surface area contributed by atoms with Crippen LogP contribution in [0.4, 0.5) is 4.79 Å². The molecule has 0 bridgehead atoms. The first-order valence-corrected chi connectivity index (χ1v) is 13.6. The van der Waals surface area contributed by atoms with E-state index in [1.54, 1.807) is 14.0 Å². The van der Waals surface area contributed by atoms with Crippen molar-refractivity contribution < 1.29 is 19.1 Å². The molecule has 8 nitrogen and oxygen atoms in total. The third-order valence-electron chi connectivity index (χ3n) is 8.00. The van der Waals surface area contributed by atoms with Gasteiger partial charge in [-0.1, -0.05) is 51.5 Å². The number of benzene rings is 1. The van der Waals surface area contributed by atoms with Crippen molar-refractivity contribution in [2.45, 2.75) is 71.4 Å². The molecule has 1 saturated heterocycles. The summed E-state index contributed by atoms with van der Waals surface area (Å²) in [5, 5.41) is 3.01. The number of esters is 1. The molecule has 0 aromatic heterocycles. The number of amides is 3. The molecule has 2 unspecified atom stereocenters. The number of likely N-dealkylation sites (N-methyl/N-ethyl adjacent to an activating group) is 1. The standard InChI is InChI=1S/C29H42N4O4/c1-7-37-27(35)24-23(18-32-15-16-33(19(2)17-32)26(34)21-9-8-10-21)31(6)28(36)30-25(24)20-11-13-22(14-12-20)29(3,4)5/h11-14,19,21,25H,7-10,15-18H2,1-6H3,(H,30,36). The molecule has 1 aromatic carbocycles. The molecule has 2 atom stereocenters. The summed E-state index contributed by atoms with van der Waals surface area (Å²) in [4.78, 5) is 45.0. The highest BCUT2D eigenvalue weighted by Crippen LogP contribution is 2.34. The van der Waals surface area contributed by atoms with E-state index < -0.39 is 12.0 Å². The second kappa shape index (κ2) is 10.9. The predicted octanol–water partition coefficient (Wildman–Crippen LogP) is 3.83. The first kappa shape index (κ1) is 27.2. The van der Waals surface area contributed by atoms with Gasteiger partial charge in [-0.25, -0.2) is 9.59 Å². The second-order valence-electron chi connectivity index (χ2n) is 11.6. The van der Waals surface area contributed by atoms with E-state index in [-0.39, 0.29) is 35.9 Å². The van der Waals surface area contributed by atoms with Crippen LogP contribution in [0.2, 0.25) is 0 Å². The van der Waals surface area contributed by atoms with Crippen molar-refractivity contribution >= 4 is 17.9 Å². The highest BCUT2D eigenvalue weighted by atomic mass is 16.5. The fraction of sp³-hybridized carbons (Fsp3) is 0.621. The molecule has 8 heteroatoms. The average Bonchev–Trinajstić information content (AvgIpc) is 2.80. The van der Waals surface area contributed by atoms with E-state index in [0.717, 1.165) is 24.8 Å². The van der Waals surface area contributed by atoms with Gasteiger partial charge in [0.05, 0.1) is 18.2 Å². The van der Waals surface area contributed by atoms with E-state index in [1.165, 1.54) is 10.5 Å². The van der Waals surface area contributed by atoms with Crippen LogP contribution in [0.1, 0.15) is 71.0 Å². The summed E-state index contributed by atoms with van der Waals surface area (Å²) in [5.74, 6) is 0.0459. The highest BCUT2D eigenvalue weighted by molar-refractivity contribution is 5.95. The van der Waals surface area contributed by atoms with Crippen LogP contribution in [0, 0.1) is 5.92 Å². The topological polar surface area (TPSA) is 82.2 Å². The largest absolute Gasteiger partial charge is 0.463 e. The molecule has 37 heavy (non-hydrogen) atoms. The van der Waals surface area contributed by atoms with Crippen molar-refractivity contribution in [3.05, 3.63) is 46.7 Å². The molecule has 0 spiro atoms. The van der Waals surface area contributed by atoms with Crippen LogP contribution < -0.4 is 5.32 Å². The van der Waals surface area contributed by atoms with Crippen LogP contribution in [-0.2, 0) is 19.7 Å². The normalized spacial score (nSPS) is 23.6. The van der Waals surface area contributed by atoms with Crippen molar-refractivity contribution in [3.63, 3.8) is 0 Å². The first-order valence-electron chi connectivity index (χ1n) is 13.6. The molecule has 1 aliphatic carbocycles. The summed E-state index contributed by atoms with van der Waals surface area (Å²) >= 11 is 0. The number of carbonyl (C=O) groups is 3. The van der Waals surface area contributed by atoms with Crippen molar-refractivity contribution in [2.24, 2.45) is 5.92 Å². The van der Waals surface area contributed by atoms with Crippen molar-refractivity contribution in [1.29, 1.82) is 0 Å². The summed E-state index contributed by atoms with van der Waals surface area (Å²) in [5.41, 5.74) is 3.14. The number of hydrogen-bond donors (Lipinski definition) is 1. The number of piperazine rings is 1. The number of rotatable bonds is 6. The van der Waals surface area contributed by atoms with Gasteiger partial charge in [-0.15, -0.1) is 0 Å². The van der Waals surface area contributed by atoms with Gasteiger partial charge in [0.25, 0.3) is 0 Å². The zero-order chi connectivity index (χ0) is 26.9.